The number of hydrogen-bond donors (Lipinski definition) is 4. The fraction of sp³-hybridized carbons (Fsp3) is 0.659. The van der Waals surface area contributed by atoms with Gasteiger partial charge in [-0.25, -0.2) is 0 Å². The highest BCUT2D eigenvalue weighted by Gasteiger charge is 2.50. The summed E-state index contributed by atoms with van der Waals surface area (Å²) in [5, 5.41) is 46.5. The molecule has 0 spiro atoms. The lowest BCUT2D eigenvalue weighted by atomic mass is 9.76. The number of carbonyl (C=O) groups excluding carboxylic acids is 4. The molecule has 0 aliphatic carbocycles. The van der Waals surface area contributed by atoms with Crippen LogP contribution in [0.5, 0.6) is 23.0 Å². The Balaban J connectivity index is 1.92. The Morgan fingerprint density at radius 3 is 0.479 bits per heavy atom. The molecule has 12 nitrogen and oxygen atoms in total. The molecule has 0 atom stereocenters. The van der Waals surface area contributed by atoms with E-state index in [1.165, 1.54) is 0 Å². The minimum absolute atomic E-state index is 0.232. The van der Waals surface area contributed by atoms with E-state index in [-0.39, 0.29) is 49.4 Å². The number of carbonyl (C=O) groups is 4. The number of esters is 4. The van der Waals surface area contributed by atoms with Gasteiger partial charge in [-0.1, -0.05) is 270 Å². The van der Waals surface area contributed by atoms with Gasteiger partial charge in [-0.15, -0.1) is 0 Å². The van der Waals surface area contributed by atoms with Crippen LogP contribution in [-0.4, -0.2) is 70.7 Å². The summed E-state index contributed by atoms with van der Waals surface area (Å²) in [5.74, 6) is -8.14. The number of hydrogen-bond acceptors (Lipinski definition) is 12. The molecule has 0 saturated heterocycles. The number of phenolic OH excluding ortho intramolecular Hbond substituents is 4. The Kier molecular flexibility index (Phi) is 23.8. The van der Waals surface area contributed by atoms with Gasteiger partial charge >= 0.3 is 23.9 Å². The number of ether oxygens (including phenoxy) is 4. The Hall–Kier alpha value is -6.04. The van der Waals surface area contributed by atoms with E-state index in [1.807, 2.05) is 270 Å². The van der Waals surface area contributed by atoms with Crippen LogP contribution in [0.1, 0.15) is 288 Å². The number of phenols is 4. The van der Waals surface area contributed by atoms with Gasteiger partial charge in [0.25, 0.3) is 0 Å². The molecule has 526 valence electrons. The summed E-state index contributed by atoms with van der Waals surface area (Å²) in [6.45, 7) is 63.4. The molecule has 0 bridgehead atoms. The number of aromatic hydroxyl groups is 4. The Morgan fingerprint density at radius 1 is 0.255 bits per heavy atom. The second kappa shape index (κ2) is 27.8. The Labute approximate surface area is 568 Å². The van der Waals surface area contributed by atoms with Crippen LogP contribution in [0.2, 0.25) is 0 Å². The number of rotatable bonds is 21. The van der Waals surface area contributed by atoms with E-state index in [4.69, 9.17) is 18.9 Å². The lowest BCUT2D eigenvalue weighted by molar-refractivity contribution is -0.183. The van der Waals surface area contributed by atoms with Crippen LogP contribution in [0.25, 0.3) is 0 Å². The maximum absolute atomic E-state index is 15.4. The van der Waals surface area contributed by atoms with Crippen molar-refractivity contribution in [1.29, 1.82) is 0 Å². The summed E-state index contributed by atoms with van der Waals surface area (Å²) >= 11 is 0. The van der Waals surface area contributed by atoms with Gasteiger partial charge in [0.1, 0.15) is 23.0 Å². The fourth-order valence-electron chi connectivity index (χ4n) is 12.3. The summed E-state index contributed by atoms with van der Waals surface area (Å²) < 4.78 is 25.0. The van der Waals surface area contributed by atoms with Gasteiger partial charge in [-0.3, -0.25) is 19.2 Å². The van der Waals surface area contributed by atoms with Crippen molar-refractivity contribution in [3.8, 4) is 23.0 Å². The molecule has 0 saturated carbocycles. The standard InChI is InChI=1S/C82H126O12/c1-71(2,3)53-33-49(34-54(63(53)83)72(4,5)6)41-79(25,26)45-91-67(87)61(68(88)92-46-80(27,28)42-50-35-55(73(7,8)9)64(84)56(36-50)74(10,11)12)62(69(89)93-47-81(29,30)43-51-37-57(75(13,14)15)65(85)58(38-51)76(16,17)18)70(90)94-48-82(31,32)44-52-39-59(77(19,20)21)66(86)60(40-52)78(22,23)24/h33-40,61-62,83-86H,41-48H2,1-32H3. The predicted octanol–water partition coefficient (Wildman–Crippen LogP) is 18.7. The molecule has 12 heteroatoms. The summed E-state index contributed by atoms with van der Waals surface area (Å²) in [5.41, 5.74) is 3.25. The van der Waals surface area contributed by atoms with E-state index in [0.29, 0.717) is 25.7 Å². The van der Waals surface area contributed by atoms with E-state index >= 15 is 19.2 Å². The molecule has 0 radical (unpaired) electrons. The zero-order valence-electron chi connectivity index (χ0n) is 64.5. The minimum Gasteiger partial charge on any atom is -0.507 e. The van der Waals surface area contributed by atoms with Crippen molar-refractivity contribution in [1.82, 2.24) is 0 Å². The predicted molar refractivity (Wildman–Crippen MR) is 383 cm³/mol. The monoisotopic (exact) mass is 1300 g/mol. The normalized spacial score (nSPS) is 13.8. The quantitative estimate of drug-likeness (QED) is 0.0352. The maximum Gasteiger partial charge on any atom is 0.321 e. The van der Waals surface area contributed by atoms with Crippen molar-refractivity contribution in [2.45, 2.75) is 291 Å². The van der Waals surface area contributed by atoms with Crippen LogP contribution < -0.4 is 0 Å². The van der Waals surface area contributed by atoms with E-state index in [9.17, 15) is 20.4 Å². The van der Waals surface area contributed by atoms with Crippen molar-refractivity contribution < 1.29 is 58.6 Å². The van der Waals surface area contributed by atoms with Crippen molar-refractivity contribution in [3.63, 3.8) is 0 Å². The second-order valence-electron chi connectivity index (χ2n) is 38.9. The molecule has 0 aliphatic rings. The van der Waals surface area contributed by atoms with Crippen LogP contribution in [0, 0.1) is 33.5 Å². The second-order valence-corrected chi connectivity index (χ2v) is 38.9. The molecular formula is C82H126O12. The molecule has 4 aromatic rings. The van der Waals surface area contributed by atoms with Crippen molar-refractivity contribution in [2.24, 2.45) is 33.5 Å². The molecule has 0 unspecified atom stereocenters. The summed E-state index contributed by atoms with van der Waals surface area (Å²) in [4.78, 5) is 61.7. The molecule has 4 N–H and O–H groups in total. The average Bonchev–Trinajstić information content (AvgIpc) is 0.804. The Morgan fingerprint density at radius 2 is 0.372 bits per heavy atom. The number of benzene rings is 4. The van der Waals surface area contributed by atoms with Crippen molar-refractivity contribution in [3.05, 3.63) is 115 Å². The zero-order chi connectivity index (χ0) is 72.8. The lowest BCUT2D eigenvalue weighted by Crippen LogP contribution is -2.46. The molecule has 0 aliphatic heterocycles. The highest BCUT2D eigenvalue weighted by Crippen LogP contribution is 2.46. The molecule has 4 rings (SSSR count). The smallest absolute Gasteiger partial charge is 0.321 e. The van der Waals surface area contributed by atoms with Gasteiger partial charge in [0.05, 0.1) is 26.4 Å². The van der Waals surface area contributed by atoms with Crippen LogP contribution in [0.4, 0.5) is 0 Å². The molecule has 0 aromatic heterocycles. The largest absolute Gasteiger partial charge is 0.507 e. The zero-order valence-corrected chi connectivity index (χ0v) is 64.5. The van der Waals surface area contributed by atoms with Gasteiger partial charge in [0, 0.05) is 21.7 Å². The topological polar surface area (TPSA) is 186 Å². The van der Waals surface area contributed by atoms with Gasteiger partial charge in [-0.2, -0.15) is 0 Å². The summed E-state index contributed by atoms with van der Waals surface area (Å²) in [6.07, 6.45) is 1.52. The van der Waals surface area contributed by atoms with Crippen LogP contribution in [0.3, 0.4) is 0 Å². The third kappa shape index (κ3) is 21.5. The molecule has 94 heavy (non-hydrogen) atoms. The van der Waals surface area contributed by atoms with Gasteiger partial charge in [-0.05, 0) is 136 Å². The molecule has 0 fully saturated rings. The third-order valence-electron chi connectivity index (χ3n) is 17.6. The Bertz CT molecular complexity index is 2790. The van der Waals surface area contributed by atoms with Crippen LogP contribution in [-0.2, 0) is 107 Å². The summed E-state index contributed by atoms with van der Waals surface area (Å²) in [7, 11) is 0. The summed E-state index contributed by atoms with van der Waals surface area (Å²) in [6, 6.07) is 15.9. The van der Waals surface area contributed by atoms with Crippen LogP contribution in [0.15, 0.2) is 48.5 Å². The molecule has 0 heterocycles. The maximum atomic E-state index is 15.4. The van der Waals surface area contributed by atoms with E-state index in [0.717, 1.165) is 66.8 Å². The average molecular weight is 1300 g/mol. The first kappa shape index (κ1) is 80.4. The minimum atomic E-state index is -2.19. The van der Waals surface area contributed by atoms with E-state index in [2.05, 4.69) is 0 Å². The van der Waals surface area contributed by atoms with Gasteiger partial charge in [0.15, 0.2) is 11.8 Å². The van der Waals surface area contributed by atoms with Crippen molar-refractivity contribution >= 4 is 23.9 Å². The fourth-order valence-corrected chi connectivity index (χ4v) is 12.3. The van der Waals surface area contributed by atoms with E-state index < -0.39 is 101 Å². The lowest BCUT2D eigenvalue weighted by Gasteiger charge is -2.32. The molecule has 4 aromatic carbocycles. The highest BCUT2D eigenvalue weighted by atomic mass is 16.6. The van der Waals surface area contributed by atoms with Crippen LogP contribution >= 0.6 is 0 Å². The van der Waals surface area contributed by atoms with Gasteiger partial charge < -0.3 is 39.4 Å². The highest BCUT2D eigenvalue weighted by molar-refractivity contribution is 6.07. The van der Waals surface area contributed by atoms with Gasteiger partial charge in [0.2, 0.25) is 0 Å². The first-order valence-corrected chi connectivity index (χ1v) is 34.0. The van der Waals surface area contributed by atoms with E-state index in [1.54, 1.807) is 0 Å². The van der Waals surface area contributed by atoms with Crippen molar-refractivity contribution in [2.75, 3.05) is 26.4 Å². The molecular weight excluding hydrogens is 1180 g/mol. The molecule has 0 amide bonds. The third-order valence-corrected chi connectivity index (χ3v) is 17.6. The SMILES string of the molecule is CC(C)(COC(=O)C(C(=O)OCC(C)(C)Cc1cc(C(C)(C)C)c(O)c(C(C)(C)C)c1)C(C(=O)OCC(C)(C)Cc1cc(C(C)(C)C)c(O)c(C(C)(C)C)c1)C(=O)OCC(C)(C)Cc1cc(C(C)(C)C)c(O)c(C(C)(C)C)c1)Cc1cc(C(C)(C)C)c(O)c(C(C)(C)C)c1. The first-order chi connectivity index (χ1) is 41.9. The first-order valence-electron chi connectivity index (χ1n) is 34.0.